The molecule has 1 atom stereocenters. The number of nitrogens with zero attached hydrogens (tertiary/aromatic N) is 2. The number of carboxylic acids is 1. The Hall–Kier alpha value is -1.85. The number of halogens is 1. The van der Waals surface area contributed by atoms with Crippen molar-refractivity contribution in [2.45, 2.75) is 5.92 Å². The first kappa shape index (κ1) is 12.6. The number of imidazole rings is 1. The van der Waals surface area contributed by atoms with Gasteiger partial charge >= 0.3 is 5.97 Å². The van der Waals surface area contributed by atoms with Crippen molar-refractivity contribution in [1.82, 2.24) is 9.55 Å². The van der Waals surface area contributed by atoms with Gasteiger partial charge in [-0.05, 0) is 17.7 Å². The van der Waals surface area contributed by atoms with E-state index in [1.54, 1.807) is 41.5 Å². The van der Waals surface area contributed by atoms with Crippen LogP contribution < -0.4 is 5.73 Å². The maximum absolute atomic E-state index is 11.0. The highest BCUT2D eigenvalue weighted by Crippen LogP contribution is 2.25. The van der Waals surface area contributed by atoms with Gasteiger partial charge in [-0.3, -0.25) is 4.79 Å². The Labute approximate surface area is 109 Å². The van der Waals surface area contributed by atoms with Gasteiger partial charge in [0.2, 0.25) is 0 Å². The van der Waals surface area contributed by atoms with Gasteiger partial charge in [0, 0.05) is 18.9 Å². The van der Waals surface area contributed by atoms with Gasteiger partial charge in [-0.2, -0.15) is 0 Å². The number of benzene rings is 1. The summed E-state index contributed by atoms with van der Waals surface area (Å²) in [6, 6.07) is 5.10. The van der Waals surface area contributed by atoms with Gasteiger partial charge in [0.15, 0.2) is 0 Å². The molecule has 5 nitrogen and oxygen atoms in total. The molecule has 0 saturated heterocycles. The van der Waals surface area contributed by atoms with Gasteiger partial charge in [-0.15, -0.1) is 0 Å². The molecule has 1 heterocycles. The van der Waals surface area contributed by atoms with Crippen LogP contribution in [0.1, 0.15) is 11.5 Å². The van der Waals surface area contributed by atoms with Gasteiger partial charge in [-0.25, -0.2) is 4.98 Å². The Bertz CT molecular complexity index is 554. The number of carbonyl (C=O) groups is 1. The molecule has 0 aliphatic heterocycles. The summed E-state index contributed by atoms with van der Waals surface area (Å²) in [6.45, 7) is 0.0378. The van der Waals surface area contributed by atoms with Crippen LogP contribution in [0.5, 0.6) is 0 Å². The van der Waals surface area contributed by atoms with Crippen LogP contribution >= 0.6 is 11.6 Å². The second-order valence-electron chi connectivity index (χ2n) is 3.81. The van der Waals surface area contributed by atoms with Crippen LogP contribution in [-0.2, 0) is 4.79 Å². The van der Waals surface area contributed by atoms with Crippen LogP contribution in [-0.4, -0.2) is 27.2 Å². The molecule has 6 heteroatoms. The molecule has 1 aromatic carbocycles. The molecule has 0 radical (unpaired) electrons. The topological polar surface area (TPSA) is 81.1 Å². The number of nitrogens with two attached hydrogens (primary N) is 1. The molecular weight excluding hydrogens is 254 g/mol. The van der Waals surface area contributed by atoms with Gasteiger partial charge in [-0.1, -0.05) is 17.7 Å². The maximum Gasteiger partial charge on any atom is 0.312 e. The highest BCUT2D eigenvalue weighted by Gasteiger charge is 2.19. The highest BCUT2D eigenvalue weighted by molar-refractivity contribution is 6.32. The number of carboxylic acid groups (broad SMARTS) is 1. The van der Waals surface area contributed by atoms with E-state index in [0.717, 1.165) is 5.69 Å². The maximum atomic E-state index is 11.0. The lowest BCUT2D eigenvalue weighted by Gasteiger charge is -2.12. The molecule has 0 bridgehead atoms. The third-order valence-electron chi connectivity index (χ3n) is 2.69. The average molecular weight is 266 g/mol. The molecule has 1 aromatic heterocycles. The minimum Gasteiger partial charge on any atom is -0.481 e. The number of aliphatic carboxylic acids is 1. The second-order valence-corrected chi connectivity index (χ2v) is 4.21. The first-order valence-electron chi connectivity index (χ1n) is 5.34. The molecule has 0 aliphatic carbocycles. The fourth-order valence-electron chi connectivity index (χ4n) is 1.73. The highest BCUT2D eigenvalue weighted by atomic mass is 35.5. The second kappa shape index (κ2) is 5.20. The normalized spacial score (nSPS) is 12.3. The average Bonchev–Trinajstić information content (AvgIpc) is 2.83. The lowest BCUT2D eigenvalue weighted by atomic mass is 9.99. The predicted octanol–water partition coefficient (Wildman–Crippen LogP) is 1.65. The van der Waals surface area contributed by atoms with Crippen molar-refractivity contribution >= 4 is 17.6 Å². The van der Waals surface area contributed by atoms with E-state index >= 15 is 0 Å². The summed E-state index contributed by atoms with van der Waals surface area (Å²) in [4.78, 5) is 14.9. The quantitative estimate of drug-likeness (QED) is 0.881. The zero-order valence-corrected chi connectivity index (χ0v) is 10.2. The van der Waals surface area contributed by atoms with E-state index in [9.17, 15) is 4.79 Å². The molecule has 2 aromatic rings. The Morgan fingerprint density at radius 1 is 1.56 bits per heavy atom. The molecule has 0 aliphatic rings. The molecule has 0 spiro atoms. The van der Waals surface area contributed by atoms with E-state index in [1.165, 1.54) is 0 Å². The zero-order valence-electron chi connectivity index (χ0n) is 9.45. The van der Waals surface area contributed by atoms with E-state index in [1.807, 2.05) is 0 Å². The number of aromatic nitrogens is 2. The molecule has 0 saturated carbocycles. The summed E-state index contributed by atoms with van der Waals surface area (Å²) in [6.07, 6.45) is 5.03. The first-order valence-corrected chi connectivity index (χ1v) is 5.72. The van der Waals surface area contributed by atoms with Gasteiger partial charge in [0.1, 0.15) is 0 Å². The predicted molar refractivity (Wildman–Crippen MR) is 68.0 cm³/mol. The smallest absolute Gasteiger partial charge is 0.312 e. The van der Waals surface area contributed by atoms with Gasteiger partial charge in [0.25, 0.3) is 0 Å². The molecule has 18 heavy (non-hydrogen) atoms. The minimum atomic E-state index is -0.955. The monoisotopic (exact) mass is 265 g/mol. The summed E-state index contributed by atoms with van der Waals surface area (Å²) in [5.74, 6) is -1.69. The third kappa shape index (κ3) is 2.37. The van der Waals surface area contributed by atoms with E-state index in [2.05, 4.69) is 4.98 Å². The summed E-state index contributed by atoms with van der Waals surface area (Å²) in [7, 11) is 0. The molecule has 0 fully saturated rings. The molecule has 2 rings (SSSR count). The lowest BCUT2D eigenvalue weighted by Crippen LogP contribution is -2.21. The zero-order chi connectivity index (χ0) is 13.1. The number of rotatable bonds is 4. The SMILES string of the molecule is NCC(C(=O)O)c1ccc(-n2ccnc2)c(Cl)c1. The minimum absolute atomic E-state index is 0.0378. The van der Waals surface area contributed by atoms with Crippen molar-refractivity contribution in [3.63, 3.8) is 0 Å². The summed E-state index contributed by atoms with van der Waals surface area (Å²) < 4.78 is 1.75. The van der Waals surface area contributed by atoms with Crippen molar-refractivity contribution in [2.75, 3.05) is 6.54 Å². The fourth-order valence-corrected chi connectivity index (χ4v) is 2.02. The standard InChI is InChI=1S/C12H12ClN3O2/c13-10-5-8(9(6-14)12(17)18)1-2-11(10)16-4-3-15-7-16/h1-5,7,9H,6,14H2,(H,17,18). The van der Waals surface area contributed by atoms with Crippen LogP contribution in [0.15, 0.2) is 36.9 Å². The fraction of sp³-hybridized carbons (Fsp3) is 0.167. The van der Waals surface area contributed by atoms with Gasteiger partial charge in [0.05, 0.1) is 23.0 Å². The summed E-state index contributed by atoms with van der Waals surface area (Å²) in [5.41, 5.74) is 6.79. The van der Waals surface area contributed by atoms with Crippen molar-refractivity contribution < 1.29 is 9.90 Å². The summed E-state index contributed by atoms with van der Waals surface area (Å²) >= 11 is 6.14. The van der Waals surface area contributed by atoms with Crippen LogP contribution in [0, 0.1) is 0 Å². The van der Waals surface area contributed by atoms with E-state index in [0.29, 0.717) is 10.6 Å². The largest absolute Gasteiger partial charge is 0.481 e. The van der Waals surface area contributed by atoms with E-state index < -0.39 is 11.9 Å². The van der Waals surface area contributed by atoms with Crippen molar-refractivity contribution in [3.05, 3.63) is 47.5 Å². The number of hydrogen-bond acceptors (Lipinski definition) is 3. The summed E-state index contributed by atoms with van der Waals surface area (Å²) in [5, 5.41) is 9.50. The molecule has 94 valence electrons. The first-order chi connectivity index (χ1) is 8.63. The molecule has 3 N–H and O–H groups in total. The van der Waals surface area contributed by atoms with E-state index in [-0.39, 0.29) is 6.54 Å². The van der Waals surface area contributed by atoms with Crippen molar-refractivity contribution in [3.8, 4) is 5.69 Å². The Morgan fingerprint density at radius 2 is 2.33 bits per heavy atom. The van der Waals surface area contributed by atoms with Crippen LogP contribution in [0.4, 0.5) is 0 Å². The van der Waals surface area contributed by atoms with Crippen LogP contribution in [0.25, 0.3) is 5.69 Å². The van der Waals surface area contributed by atoms with E-state index in [4.69, 9.17) is 22.4 Å². The van der Waals surface area contributed by atoms with Crippen LogP contribution in [0.3, 0.4) is 0 Å². The molecule has 1 unspecified atom stereocenters. The molecular formula is C12H12ClN3O2. The van der Waals surface area contributed by atoms with Crippen molar-refractivity contribution in [2.24, 2.45) is 5.73 Å². The third-order valence-corrected chi connectivity index (χ3v) is 2.99. The Balaban J connectivity index is 2.39. The molecule has 0 amide bonds. The van der Waals surface area contributed by atoms with Crippen molar-refractivity contribution in [1.29, 1.82) is 0 Å². The Morgan fingerprint density at radius 3 is 2.83 bits per heavy atom. The van der Waals surface area contributed by atoms with Crippen LogP contribution in [0.2, 0.25) is 5.02 Å². The number of hydrogen-bond donors (Lipinski definition) is 2. The lowest BCUT2D eigenvalue weighted by molar-refractivity contribution is -0.138. The Kier molecular flexibility index (Phi) is 3.64. The van der Waals surface area contributed by atoms with Gasteiger partial charge < -0.3 is 15.4 Å².